The predicted molar refractivity (Wildman–Crippen MR) is 86.1 cm³/mol. The van der Waals surface area contributed by atoms with E-state index >= 15 is 0 Å². The van der Waals surface area contributed by atoms with Crippen LogP contribution in [-0.4, -0.2) is 36.4 Å². The van der Waals surface area contributed by atoms with Crippen molar-refractivity contribution in [1.29, 1.82) is 0 Å². The molecule has 0 aliphatic carbocycles. The molecule has 2 aromatic rings. The number of nitrogens with one attached hydrogen (secondary N) is 1. The number of likely N-dealkylation sites (N-methyl/N-ethyl adjacent to an activating group) is 1. The molecule has 9 heteroatoms. The first-order chi connectivity index (χ1) is 11.5. The van der Waals surface area contributed by atoms with E-state index in [1.807, 2.05) is 0 Å². The minimum Gasteiger partial charge on any atom is -0.463 e. The number of aromatic nitrogens is 1. The second-order valence-corrected chi connectivity index (χ2v) is 6.56. The quantitative estimate of drug-likeness (QED) is 0.884. The molecule has 1 aliphatic heterocycles. The monoisotopic (exact) mass is 346 g/mol. The fourth-order valence-electron chi connectivity index (χ4n) is 2.07. The molecule has 24 heavy (non-hydrogen) atoms. The number of carbonyl (C=O) groups is 1. The van der Waals surface area contributed by atoms with Gasteiger partial charge in [-0.15, -0.1) is 4.40 Å². The van der Waals surface area contributed by atoms with Crippen LogP contribution >= 0.6 is 0 Å². The van der Waals surface area contributed by atoms with E-state index < -0.39 is 16.1 Å². The highest BCUT2D eigenvalue weighted by Crippen LogP contribution is 2.19. The minimum absolute atomic E-state index is 0.0488. The van der Waals surface area contributed by atoms with Crippen molar-refractivity contribution in [3.8, 4) is 0 Å². The number of furan rings is 1. The van der Waals surface area contributed by atoms with Crippen molar-refractivity contribution in [1.82, 2.24) is 14.6 Å². The lowest BCUT2D eigenvalue weighted by atomic mass is 10.2. The minimum atomic E-state index is -4.00. The van der Waals surface area contributed by atoms with Crippen LogP contribution in [0.2, 0.25) is 0 Å². The van der Waals surface area contributed by atoms with Crippen LogP contribution in [-0.2, 0) is 21.5 Å². The number of carbonyl (C=O) groups excluding carboxylic acids is 1. The van der Waals surface area contributed by atoms with Gasteiger partial charge < -0.3 is 9.73 Å². The Morgan fingerprint density at radius 2 is 2.12 bits per heavy atom. The van der Waals surface area contributed by atoms with E-state index in [-0.39, 0.29) is 23.7 Å². The van der Waals surface area contributed by atoms with Crippen molar-refractivity contribution in [2.24, 2.45) is 4.40 Å². The molecule has 0 saturated heterocycles. The van der Waals surface area contributed by atoms with Crippen molar-refractivity contribution >= 4 is 21.8 Å². The zero-order valence-corrected chi connectivity index (χ0v) is 13.5. The molecular formula is C15H14N4O4S. The van der Waals surface area contributed by atoms with Gasteiger partial charge in [0.25, 0.3) is 5.91 Å². The summed E-state index contributed by atoms with van der Waals surface area (Å²) in [4.78, 5) is 16.5. The Morgan fingerprint density at radius 1 is 1.29 bits per heavy atom. The molecule has 3 rings (SSSR count). The molecule has 0 spiro atoms. The maximum absolute atomic E-state index is 12.4. The van der Waals surface area contributed by atoms with Crippen LogP contribution in [0.3, 0.4) is 0 Å². The lowest BCUT2D eigenvalue weighted by Gasteiger charge is -2.22. The highest BCUT2D eigenvalue weighted by atomic mass is 32.2. The third kappa shape index (κ3) is 3.20. The first-order valence-corrected chi connectivity index (χ1v) is 8.39. The Hall–Kier alpha value is -2.94. The molecule has 0 radical (unpaired) electrons. The molecule has 0 bridgehead atoms. The van der Waals surface area contributed by atoms with E-state index in [2.05, 4.69) is 14.7 Å². The summed E-state index contributed by atoms with van der Waals surface area (Å²) in [6, 6.07) is 8.50. The van der Waals surface area contributed by atoms with Gasteiger partial charge in [-0.05, 0) is 30.3 Å². The number of amides is 1. The van der Waals surface area contributed by atoms with Gasteiger partial charge in [-0.25, -0.2) is 4.31 Å². The van der Waals surface area contributed by atoms with Crippen LogP contribution in [0.1, 0.15) is 11.5 Å². The zero-order valence-electron chi connectivity index (χ0n) is 12.7. The van der Waals surface area contributed by atoms with Gasteiger partial charge in [-0.3, -0.25) is 9.78 Å². The number of hydrogen-bond acceptors (Lipinski definition) is 5. The van der Waals surface area contributed by atoms with Crippen LogP contribution in [0.5, 0.6) is 0 Å². The van der Waals surface area contributed by atoms with Crippen molar-refractivity contribution in [2.75, 3.05) is 7.05 Å². The molecule has 3 heterocycles. The summed E-state index contributed by atoms with van der Waals surface area (Å²) >= 11 is 0. The summed E-state index contributed by atoms with van der Waals surface area (Å²) in [5.74, 6) is -0.285. The number of rotatable bonds is 4. The molecule has 124 valence electrons. The van der Waals surface area contributed by atoms with Gasteiger partial charge in [0.1, 0.15) is 11.4 Å². The summed E-state index contributed by atoms with van der Waals surface area (Å²) in [6.45, 7) is 0.179. The van der Waals surface area contributed by atoms with Gasteiger partial charge in [-0.2, -0.15) is 8.42 Å². The lowest BCUT2D eigenvalue weighted by molar-refractivity contribution is -0.118. The van der Waals surface area contributed by atoms with Crippen LogP contribution in [0.15, 0.2) is 63.4 Å². The van der Waals surface area contributed by atoms with Crippen LogP contribution < -0.4 is 5.32 Å². The Bertz CT molecular complexity index is 902. The maximum atomic E-state index is 12.4. The third-order valence-electron chi connectivity index (χ3n) is 3.33. The van der Waals surface area contributed by atoms with Crippen molar-refractivity contribution in [2.45, 2.75) is 6.54 Å². The van der Waals surface area contributed by atoms with Gasteiger partial charge in [0.15, 0.2) is 5.76 Å². The Morgan fingerprint density at radius 3 is 2.79 bits per heavy atom. The first-order valence-electron chi connectivity index (χ1n) is 7.00. The first kappa shape index (κ1) is 15.9. The number of nitrogens with zero attached hydrogens (tertiary/aromatic N) is 3. The average Bonchev–Trinajstić information content (AvgIpc) is 3.10. The predicted octanol–water partition coefficient (Wildman–Crippen LogP) is 0.854. The highest BCUT2D eigenvalue weighted by Gasteiger charge is 2.30. The molecule has 1 amide bonds. The molecule has 0 aromatic carbocycles. The van der Waals surface area contributed by atoms with Gasteiger partial charge in [-0.1, -0.05) is 6.07 Å². The molecule has 0 unspecified atom stereocenters. The molecule has 1 N–H and O–H groups in total. The summed E-state index contributed by atoms with van der Waals surface area (Å²) in [5, 5.41) is 2.64. The summed E-state index contributed by atoms with van der Waals surface area (Å²) < 4.78 is 33.9. The Labute approximate surface area is 138 Å². The van der Waals surface area contributed by atoms with Gasteiger partial charge in [0.2, 0.25) is 0 Å². The molecule has 1 aliphatic rings. The van der Waals surface area contributed by atoms with Crippen molar-refractivity contribution in [3.05, 3.63) is 66.0 Å². The largest absolute Gasteiger partial charge is 0.463 e. The summed E-state index contributed by atoms with van der Waals surface area (Å²) in [7, 11) is -2.73. The second kappa shape index (κ2) is 6.28. The van der Waals surface area contributed by atoms with Gasteiger partial charge in [0.05, 0.1) is 18.5 Å². The fraction of sp³-hybridized carbons (Fsp3) is 0.133. The maximum Gasteiger partial charge on any atom is 0.345 e. The van der Waals surface area contributed by atoms with Crippen LogP contribution in [0, 0.1) is 0 Å². The van der Waals surface area contributed by atoms with Crippen molar-refractivity contribution < 1.29 is 17.6 Å². The topological polar surface area (TPSA) is 105 Å². The van der Waals surface area contributed by atoms with E-state index in [0.29, 0.717) is 5.69 Å². The number of hydrogen-bond donors (Lipinski definition) is 1. The molecule has 0 fully saturated rings. The smallest absolute Gasteiger partial charge is 0.345 e. The third-order valence-corrected chi connectivity index (χ3v) is 4.65. The van der Waals surface area contributed by atoms with Crippen molar-refractivity contribution in [3.63, 3.8) is 0 Å². The second-order valence-electron chi connectivity index (χ2n) is 4.93. The molecular weight excluding hydrogens is 332 g/mol. The molecule has 8 nitrogen and oxygen atoms in total. The van der Waals surface area contributed by atoms with Gasteiger partial charge >= 0.3 is 10.2 Å². The summed E-state index contributed by atoms with van der Waals surface area (Å²) in [6.07, 6.45) is 4.38. The van der Waals surface area contributed by atoms with E-state index in [1.54, 1.807) is 36.5 Å². The van der Waals surface area contributed by atoms with Crippen LogP contribution in [0.4, 0.5) is 0 Å². The zero-order chi connectivity index (χ0) is 17.2. The number of allylic oxidation sites excluding steroid dienone is 1. The van der Waals surface area contributed by atoms with E-state index in [9.17, 15) is 13.2 Å². The standard InChI is InChI=1S/C15H14N4O4S/c1-19-13(15(20)17-10-11-5-2-3-7-16-11)9-12(18-24(19,21)22)14-6-4-8-23-14/h2-9H,10H2,1H3,(H,17,20). The normalized spacial score (nSPS) is 16.3. The SMILES string of the molecule is CN1C(C(=O)NCc2ccccn2)=CC(c2ccco2)=NS1(=O)=O. The van der Waals surface area contributed by atoms with Gasteiger partial charge in [0, 0.05) is 13.2 Å². The van der Waals surface area contributed by atoms with Crippen LogP contribution in [0.25, 0.3) is 0 Å². The Kier molecular flexibility index (Phi) is 4.17. The number of pyridine rings is 1. The molecule has 0 atom stereocenters. The fourth-order valence-corrected chi connectivity index (χ4v) is 2.97. The molecule has 2 aromatic heterocycles. The van der Waals surface area contributed by atoms with E-state index in [1.165, 1.54) is 19.4 Å². The Balaban J connectivity index is 1.85. The molecule has 0 saturated carbocycles. The van der Waals surface area contributed by atoms with E-state index in [0.717, 1.165) is 4.31 Å². The highest BCUT2D eigenvalue weighted by molar-refractivity contribution is 7.88. The van der Waals surface area contributed by atoms with E-state index in [4.69, 9.17) is 4.42 Å². The average molecular weight is 346 g/mol. The lowest BCUT2D eigenvalue weighted by Crippen LogP contribution is -2.38. The summed E-state index contributed by atoms with van der Waals surface area (Å²) in [5.41, 5.74) is 0.682.